The molecule has 0 fully saturated rings. The van der Waals surface area contributed by atoms with Crippen LogP contribution >= 0.6 is 0 Å². The number of methoxy groups -OCH3 is 3. The molecule has 0 bridgehead atoms. The Morgan fingerprint density at radius 1 is 1.04 bits per heavy atom. The van der Waals surface area contributed by atoms with Crippen molar-refractivity contribution in [3.8, 4) is 23.0 Å². The van der Waals surface area contributed by atoms with Gasteiger partial charge in [-0.3, -0.25) is 4.79 Å². The minimum absolute atomic E-state index is 0.211. The summed E-state index contributed by atoms with van der Waals surface area (Å²) in [5, 5.41) is 2.78. The second-order valence-electron chi connectivity index (χ2n) is 5.75. The minimum Gasteiger partial charge on any atom is -0.493 e. The van der Waals surface area contributed by atoms with Gasteiger partial charge in [0.15, 0.2) is 11.5 Å². The summed E-state index contributed by atoms with van der Waals surface area (Å²) in [4.78, 5) is 12.0. The van der Waals surface area contributed by atoms with E-state index in [-0.39, 0.29) is 5.91 Å². The summed E-state index contributed by atoms with van der Waals surface area (Å²) in [5.74, 6) is 2.15. The molecule has 1 N–H and O–H groups in total. The zero-order valence-electron chi connectivity index (χ0n) is 16.1. The van der Waals surface area contributed by atoms with Crippen molar-refractivity contribution in [2.24, 2.45) is 0 Å². The normalized spacial score (nSPS) is 10.5. The zero-order chi connectivity index (χ0) is 19.6. The number of carbonyl (C=O) groups is 1. The molecule has 0 saturated heterocycles. The van der Waals surface area contributed by atoms with Crippen molar-refractivity contribution in [1.29, 1.82) is 0 Å². The second kappa shape index (κ2) is 10.1. The van der Waals surface area contributed by atoms with Crippen molar-refractivity contribution in [2.75, 3.05) is 34.5 Å². The van der Waals surface area contributed by atoms with E-state index >= 15 is 0 Å². The van der Waals surface area contributed by atoms with Gasteiger partial charge < -0.3 is 24.3 Å². The van der Waals surface area contributed by atoms with E-state index in [2.05, 4.69) is 5.32 Å². The largest absolute Gasteiger partial charge is 0.493 e. The third-order valence-corrected chi connectivity index (χ3v) is 3.77. The lowest BCUT2D eigenvalue weighted by Gasteiger charge is -2.12. The molecule has 2 aromatic rings. The van der Waals surface area contributed by atoms with Crippen LogP contribution in [0.2, 0.25) is 0 Å². The van der Waals surface area contributed by atoms with E-state index in [0.717, 1.165) is 16.9 Å². The van der Waals surface area contributed by atoms with Crippen LogP contribution in [0.15, 0.2) is 42.5 Å². The molecule has 0 radical (unpaired) electrons. The van der Waals surface area contributed by atoms with Crippen molar-refractivity contribution < 1.29 is 23.7 Å². The molecule has 0 heterocycles. The maximum absolute atomic E-state index is 12.0. The van der Waals surface area contributed by atoms with Gasteiger partial charge in [-0.1, -0.05) is 12.1 Å². The third kappa shape index (κ3) is 5.95. The van der Waals surface area contributed by atoms with Gasteiger partial charge in [0.1, 0.15) is 12.4 Å². The van der Waals surface area contributed by atoms with Crippen LogP contribution in [0.25, 0.3) is 6.08 Å². The van der Waals surface area contributed by atoms with Gasteiger partial charge in [-0.25, -0.2) is 0 Å². The number of amides is 1. The van der Waals surface area contributed by atoms with Gasteiger partial charge in [0.25, 0.3) is 0 Å². The average molecular weight is 371 g/mol. The van der Waals surface area contributed by atoms with Crippen LogP contribution in [0, 0.1) is 6.92 Å². The van der Waals surface area contributed by atoms with Crippen LogP contribution in [0.3, 0.4) is 0 Å². The third-order valence-electron chi connectivity index (χ3n) is 3.77. The summed E-state index contributed by atoms with van der Waals surface area (Å²) < 4.78 is 21.5. The first-order valence-electron chi connectivity index (χ1n) is 8.52. The standard InChI is InChI=1S/C21H25NO5/c1-15-6-5-7-17(12-15)27-11-10-22-20(23)9-8-16-13-18(24-2)21(26-4)19(14-16)25-3/h5-9,12-14H,10-11H2,1-4H3,(H,22,23)/b9-8+. The van der Waals surface area contributed by atoms with E-state index < -0.39 is 0 Å². The second-order valence-corrected chi connectivity index (χ2v) is 5.75. The first-order valence-corrected chi connectivity index (χ1v) is 8.52. The molecule has 6 nitrogen and oxygen atoms in total. The summed E-state index contributed by atoms with van der Waals surface area (Å²) >= 11 is 0. The predicted octanol–water partition coefficient (Wildman–Crippen LogP) is 3.23. The number of benzene rings is 2. The van der Waals surface area contributed by atoms with Crippen molar-refractivity contribution >= 4 is 12.0 Å². The topological polar surface area (TPSA) is 66.0 Å². The molecule has 0 unspecified atom stereocenters. The zero-order valence-corrected chi connectivity index (χ0v) is 16.1. The van der Waals surface area contributed by atoms with Crippen molar-refractivity contribution in [1.82, 2.24) is 5.32 Å². The molecule has 0 atom stereocenters. The van der Waals surface area contributed by atoms with Crippen LogP contribution in [0.4, 0.5) is 0 Å². The van der Waals surface area contributed by atoms with Gasteiger partial charge in [0.05, 0.1) is 27.9 Å². The maximum atomic E-state index is 12.0. The van der Waals surface area contributed by atoms with Gasteiger partial charge in [0.2, 0.25) is 11.7 Å². The Labute approximate surface area is 159 Å². The van der Waals surface area contributed by atoms with Crippen molar-refractivity contribution in [2.45, 2.75) is 6.92 Å². The average Bonchev–Trinajstić information content (AvgIpc) is 2.68. The fourth-order valence-corrected chi connectivity index (χ4v) is 2.48. The smallest absolute Gasteiger partial charge is 0.244 e. The molecule has 27 heavy (non-hydrogen) atoms. The van der Waals surface area contributed by atoms with Gasteiger partial charge in [0, 0.05) is 6.08 Å². The lowest BCUT2D eigenvalue weighted by molar-refractivity contribution is -0.116. The number of hydrogen-bond acceptors (Lipinski definition) is 5. The lowest BCUT2D eigenvalue weighted by Crippen LogP contribution is -2.26. The van der Waals surface area contributed by atoms with Crippen LogP contribution in [-0.4, -0.2) is 40.4 Å². The first kappa shape index (κ1) is 20.2. The Morgan fingerprint density at radius 3 is 2.33 bits per heavy atom. The molecule has 0 spiro atoms. The summed E-state index contributed by atoms with van der Waals surface area (Å²) in [6.07, 6.45) is 3.13. The van der Waals surface area contributed by atoms with E-state index in [1.807, 2.05) is 31.2 Å². The predicted molar refractivity (Wildman–Crippen MR) is 105 cm³/mol. The molecule has 0 aromatic heterocycles. The summed E-state index contributed by atoms with van der Waals surface area (Å²) in [6, 6.07) is 11.3. The van der Waals surface area contributed by atoms with Gasteiger partial charge >= 0.3 is 0 Å². The molecule has 144 valence electrons. The van der Waals surface area contributed by atoms with E-state index in [4.69, 9.17) is 18.9 Å². The summed E-state index contributed by atoms with van der Waals surface area (Å²) in [6.45, 7) is 2.81. The molecule has 0 aliphatic carbocycles. The Kier molecular flexibility index (Phi) is 7.55. The number of hydrogen-bond donors (Lipinski definition) is 1. The van der Waals surface area contributed by atoms with Gasteiger partial charge in [-0.05, 0) is 48.4 Å². The summed E-state index contributed by atoms with van der Waals surface area (Å²) in [7, 11) is 4.64. The number of carbonyl (C=O) groups excluding carboxylic acids is 1. The van der Waals surface area contributed by atoms with E-state index in [1.165, 1.54) is 6.08 Å². The molecule has 2 rings (SSSR count). The Balaban J connectivity index is 1.88. The lowest BCUT2D eigenvalue weighted by atomic mass is 10.1. The molecular formula is C21H25NO5. The minimum atomic E-state index is -0.211. The van der Waals surface area contributed by atoms with Crippen LogP contribution in [0.1, 0.15) is 11.1 Å². The number of ether oxygens (including phenoxy) is 4. The fraction of sp³-hybridized carbons (Fsp3) is 0.286. The highest BCUT2D eigenvalue weighted by molar-refractivity contribution is 5.91. The highest BCUT2D eigenvalue weighted by atomic mass is 16.5. The van der Waals surface area contributed by atoms with Gasteiger partial charge in [-0.2, -0.15) is 0 Å². The molecular weight excluding hydrogens is 346 g/mol. The molecule has 6 heteroatoms. The first-order chi connectivity index (χ1) is 13.1. The Morgan fingerprint density at radius 2 is 1.74 bits per heavy atom. The van der Waals surface area contributed by atoms with E-state index in [1.54, 1.807) is 39.5 Å². The number of rotatable bonds is 9. The highest BCUT2D eigenvalue weighted by Gasteiger charge is 2.12. The van der Waals surface area contributed by atoms with Gasteiger partial charge in [-0.15, -0.1) is 0 Å². The van der Waals surface area contributed by atoms with E-state index in [9.17, 15) is 4.79 Å². The number of nitrogens with one attached hydrogen (secondary N) is 1. The van der Waals surface area contributed by atoms with Crippen molar-refractivity contribution in [3.63, 3.8) is 0 Å². The van der Waals surface area contributed by atoms with Crippen LogP contribution in [0.5, 0.6) is 23.0 Å². The van der Waals surface area contributed by atoms with E-state index in [0.29, 0.717) is 30.4 Å². The number of aryl methyl sites for hydroxylation is 1. The Bertz CT molecular complexity index is 776. The molecule has 0 aliphatic rings. The highest BCUT2D eigenvalue weighted by Crippen LogP contribution is 2.38. The summed E-state index contributed by atoms with van der Waals surface area (Å²) in [5.41, 5.74) is 1.89. The molecule has 1 amide bonds. The molecule has 0 aliphatic heterocycles. The SMILES string of the molecule is COc1cc(/C=C/C(=O)NCCOc2cccc(C)c2)cc(OC)c1OC. The molecule has 0 saturated carbocycles. The quantitative estimate of drug-likeness (QED) is 0.542. The Hall–Kier alpha value is -3.15. The van der Waals surface area contributed by atoms with Crippen LogP contribution in [-0.2, 0) is 4.79 Å². The van der Waals surface area contributed by atoms with Crippen LogP contribution < -0.4 is 24.3 Å². The monoisotopic (exact) mass is 371 g/mol. The fourth-order valence-electron chi connectivity index (χ4n) is 2.48. The van der Waals surface area contributed by atoms with Crippen molar-refractivity contribution in [3.05, 3.63) is 53.6 Å². The maximum Gasteiger partial charge on any atom is 0.244 e. The molecule has 2 aromatic carbocycles.